The molecule has 0 amide bonds. The number of hydrogen-bond donors (Lipinski definition) is 2. The van der Waals surface area contributed by atoms with Gasteiger partial charge in [-0.15, -0.1) is 0 Å². The average Bonchev–Trinajstić information content (AvgIpc) is 3.03. The van der Waals surface area contributed by atoms with E-state index in [1.54, 1.807) is 0 Å². The number of nitrogens with one attached hydrogen (secondary N) is 1. The second-order valence-corrected chi connectivity index (χ2v) is 6.67. The molecule has 7 nitrogen and oxygen atoms in total. The molecule has 0 aliphatic carbocycles. The SMILES string of the molecule is NC(=NCC1COC2(CCOCC2)O1)NC1CCOc2ccccc21. The zero-order chi connectivity index (χ0) is 17.1. The maximum atomic E-state index is 6.09. The molecule has 3 heterocycles. The fraction of sp³-hybridized carbons (Fsp3) is 0.611. The van der Waals surface area contributed by atoms with Gasteiger partial charge >= 0.3 is 0 Å². The van der Waals surface area contributed by atoms with E-state index in [9.17, 15) is 0 Å². The van der Waals surface area contributed by atoms with Crippen molar-refractivity contribution in [2.45, 2.75) is 37.2 Å². The van der Waals surface area contributed by atoms with Gasteiger partial charge in [-0.25, -0.2) is 0 Å². The summed E-state index contributed by atoms with van der Waals surface area (Å²) in [6, 6.07) is 8.14. The summed E-state index contributed by atoms with van der Waals surface area (Å²) in [7, 11) is 0. The zero-order valence-electron chi connectivity index (χ0n) is 14.3. The van der Waals surface area contributed by atoms with E-state index in [1.165, 1.54) is 0 Å². The van der Waals surface area contributed by atoms with Gasteiger partial charge in [0.25, 0.3) is 0 Å². The van der Waals surface area contributed by atoms with Crippen molar-refractivity contribution in [2.24, 2.45) is 10.7 Å². The average molecular weight is 347 g/mol. The highest BCUT2D eigenvalue weighted by Crippen LogP contribution is 2.33. The fourth-order valence-corrected chi connectivity index (χ4v) is 3.57. The lowest BCUT2D eigenvalue weighted by atomic mass is 10.0. The van der Waals surface area contributed by atoms with Crippen molar-refractivity contribution in [3.05, 3.63) is 29.8 Å². The van der Waals surface area contributed by atoms with Gasteiger partial charge in [0, 0.05) is 24.8 Å². The first-order valence-corrected chi connectivity index (χ1v) is 8.92. The maximum Gasteiger partial charge on any atom is 0.189 e. The van der Waals surface area contributed by atoms with Crippen molar-refractivity contribution in [2.75, 3.05) is 33.0 Å². The molecule has 3 aliphatic heterocycles. The quantitative estimate of drug-likeness (QED) is 0.634. The van der Waals surface area contributed by atoms with Crippen LogP contribution in [0, 0.1) is 0 Å². The van der Waals surface area contributed by atoms with Crippen molar-refractivity contribution in [1.29, 1.82) is 0 Å². The Morgan fingerprint density at radius 1 is 1.24 bits per heavy atom. The number of para-hydroxylation sites is 1. The Morgan fingerprint density at radius 2 is 2.08 bits per heavy atom. The number of hydrogen-bond acceptors (Lipinski definition) is 5. The molecular weight excluding hydrogens is 322 g/mol. The molecule has 1 spiro atoms. The van der Waals surface area contributed by atoms with Gasteiger partial charge < -0.3 is 30.0 Å². The normalized spacial score (nSPS) is 28.4. The number of fused-ring (bicyclic) bond motifs is 1. The van der Waals surface area contributed by atoms with Crippen LogP contribution in [0.3, 0.4) is 0 Å². The predicted octanol–water partition coefficient (Wildman–Crippen LogP) is 1.34. The zero-order valence-corrected chi connectivity index (χ0v) is 14.3. The largest absolute Gasteiger partial charge is 0.493 e. The first kappa shape index (κ1) is 16.6. The summed E-state index contributed by atoms with van der Waals surface area (Å²) in [6.45, 7) is 3.08. The van der Waals surface area contributed by atoms with Gasteiger partial charge in [-0.3, -0.25) is 4.99 Å². The summed E-state index contributed by atoms with van der Waals surface area (Å²) in [5, 5.41) is 3.30. The molecule has 136 valence electrons. The summed E-state index contributed by atoms with van der Waals surface area (Å²) in [4.78, 5) is 4.46. The minimum Gasteiger partial charge on any atom is -0.493 e. The predicted molar refractivity (Wildman–Crippen MR) is 92.5 cm³/mol. The van der Waals surface area contributed by atoms with E-state index in [1.807, 2.05) is 18.2 Å². The van der Waals surface area contributed by atoms with Gasteiger partial charge in [-0.05, 0) is 6.07 Å². The Labute approximate surface area is 147 Å². The van der Waals surface area contributed by atoms with Gasteiger partial charge in [0.2, 0.25) is 0 Å². The third-order valence-corrected chi connectivity index (χ3v) is 4.91. The van der Waals surface area contributed by atoms with Crippen molar-refractivity contribution in [3.8, 4) is 5.75 Å². The van der Waals surface area contributed by atoms with E-state index in [0.29, 0.717) is 38.9 Å². The number of ether oxygens (including phenoxy) is 4. The molecule has 25 heavy (non-hydrogen) atoms. The summed E-state index contributed by atoms with van der Waals surface area (Å²) in [6.07, 6.45) is 2.36. The Morgan fingerprint density at radius 3 is 2.96 bits per heavy atom. The first-order chi connectivity index (χ1) is 12.2. The molecule has 3 N–H and O–H groups in total. The number of benzene rings is 1. The van der Waals surface area contributed by atoms with E-state index in [4.69, 9.17) is 24.7 Å². The lowest BCUT2D eigenvalue weighted by molar-refractivity contribution is -0.210. The van der Waals surface area contributed by atoms with Crippen LogP contribution in [0.4, 0.5) is 0 Å². The molecule has 2 unspecified atom stereocenters. The molecule has 1 aromatic rings. The second-order valence-electron chi connectivity index (χ2n) is 6.67. The molecule has 0 aromatic heterocycles. The van der Waals surface area contributed by atoms with Gasteiger partial charge in [0.05, 0.1) is 39.0 Å². The maximum absolute atomic E-state index is 6.09. The Kier molecular flexibility index (Phi) is 4.78. The molecule has 0 bridgehead atoms. The highest BCUT2D eigenvalue weighted by molar-refractivity contribution is 5.78. The number of guanidine groups is 1. The van der Waals surface area contributed by atoms with Crippen LogP contribution < -0.4 is 15.8 Å². The van der Waals surface area contributed by atoms with E-state index in [0.717, 1.165) is 30.6 Å². The number of aliphatic imine (C=N–C) groups is 1. The molecule has 7 heteroatoms. The molecule has 2 atom stereocenters. The summed E-state index contributed by atoms with van der Waals surface area (Å²) in [5.74, 6) is 0.867. The van der Waals surface area contributed by atoms with Crippen molar-refractivity contribution >= 4 is 5.96 Å². The second kappa shape index (κ2) is 7.19. The summed E-state index contributed by atoms with van der Waals surface area (Å²) in [5.41, 5.74) is 7.21. The van der Waals surface area contributed by atoms with Crippen molar-refractivity contribution in [3.63, 3.8) is 0 Å². The van der Waals surface area contributed by atoms with Crippen molar-refractivity contribution < 1.29 is 18.9 Å². The van der Waals surface area contributed by atoms with E-state index in [-0.39, 0.29) is 12.1 Å². The van der Waals surface area contributed by atoms with Gasteiger partial charge in [0.15, 0.2) is 11.7 Å². The lowest BCUT2D eigenvalue weighted by Gasteiger charge is -2.31. The Balaban J connectivity index is 1.32. The van der Waals surface area contributed by atoms with Gasteiger partial charge in [-0.1, -0.05) is 18.2 Å². The van der Waals surface area contributed by atoms with E-state index < -0.39 is 5.79 Å². The standard InChI is InChI=1S/C18H25N3O4/c19-17(21-15-5-8-23-16-4-2-1-3-14(15)16)20-11-13-12-24-18(25-13)6-9-22-10-7-18/h1-4,13,15H,5-12H2,(H3,19,20,21). The summed E-state index contributed by atoms with van der Waals surface area (Å²) >= 11 is 0. The van der Waals surface area contributed by atoms with Crippen LogP contribution in [0.25, 0.3) is 0 Å². The molecule has 2 fully saturated rings. The molecule has 0 radical (unpaired) electrons. The Bertz CT molecular complexity index is 631. The molecule has 1 aromatic carbocycles. The van der Waals surface area contributed by atoms with Crippen LogP contribution in [0.2, 0.25) is 0 Å². The smallest absolute Gasteiger partial charge is 0.189 e. The Hall–Kier alpha value is -1.83. The minimum absolute atomic E-state index is 0.0552. The minimum atomic E-state index is -0.472. The van der Waals surface area contributed by atoms with Crippen molar-refractivity contribution in [1.82, 2.24) is 5.32 Å². The van der Waals surface area contributed by atoms with E-state index >= 15 is 0 Å². The van der Waals surface area contributed by atoms with Crippen LogP contribution in [0.5, 0.6) is 5.75 Å². The third-order valence-electron chi connectivity index (χ3n) is 4.91. The highest BCUT2D eigenvalue weighted by atomic mass is 16.7. The molecule has 2 saturated heterocycles. The highest BCUT2D eigenvalue weighted by Gasteiger charge is 2.42. The summed E-state index contributed by atoms with van der Waals surface area (Å²) < 4.78 is 23.0. The van der Waals surface area contributed by atoms with Crippen LogP contribution in [-0.2, 0) is 14.2 Å². The molecule has 3 aliphatic rings. The van der Waals surface area contributed by atoms with Crippen LogP contribution >= 0.6 is 0 Å². The number of rotatable bonds is 3. The van der Waals surface area contributed by atoms with Gasteiger partial charge in [0.1, 0.15) is 11.9 Å². The molecule has 4 rings (SSSR count). The monoisotopic (exact) mass is 347 g/mol. The third kappa shape index (κ3) is 3.73. The number of nitrogens with zero attached hydrogens (tertiary/aromatic N) is 1. The fourth-order valence-electron chi connectivity index (χ4n) is 3.57. The van der Waals surface area contributed by atoms with Crippen LogP contribution in [0.1, 0.15) is 30.9 Å². The first-order valence-electron chi connectivity index (χ1n) is 8.92. The van der Waals surface area contributed by atoms with Crippen LogP contribution in [-0.4, -0.2) is 50.8 Å². The van der Waals surface area contributed by atoms with Gasteiger partial charge in [-0.2, -0.15) is 0 Å². The van der Waals surface area contributed by atoms with Crippen LogP contribution in [0.15, 0.2) is 29.3 Å². The molecular formula is C18H25N3O4. The topological polar surface area (TPSA) is 87.3 Å². The lowest BCUT2D eigenvalue weighted by Crippen LogP contribution is -2.39. The number of nitrogens with two attached hydrogens (primary N) is 1. The van der Waals surface area contributed by atoms with E-state index in [2.05, 4.69) is 16.4 Å². The molecule has 0 saturated carbocycles.